The van der Waals surface area contributed by atoms with E-state index in [4.69, 9.17) is 18.0 Å². The number of hydrogen-bond acceptors (Lipinski definition) is 5. The molecular formula is C10H10N4S2. The summed E-state index contributed by atoms with van der Waals surface area (Å²) in [4.78, 5) is 9.78. The van der Waals surface area contributed by atoms with Crippen molar-refractivity contribution in [3.63, 3.8) is 0 Å². The second-order valence-corrected chi connectivity index (χ2v) is 4.53. The monoisotopic (exact) mass is 250 g/mol. The van der Waals surface area contributed by atoms with E-state index >= 15 is 0 Å². The van der Waals surface area contributed by atoms with Crippen molar-refractivity contribution < 1.29 is 0 Å². The van der Waals surface area contributed by atoms with Crippen molar-refractivity contribution in [2.75, 3.05) is 5.32 Å². The minimum atomic E-state index is 0.279. The first kappa shape index (κ1) is 11.0. The van der Waals surface area contributed by atoms with Crippen molar-refractivity contribution in [3.05, 3.63) is 40.3 Å². The summed E-state index contributed by atoms with van der Waals surface area (Å²) in [7, 11) is 0. The van der Waals surface area contributed by atoms with E-state index < -0.39 is 0 Å². The molecule has 3 N–H and O–H groups in total. The number of thiocarbonyl (C=S) groups is 1. The van der Waals surface area contributed by atoms with E-state index in [0.717, 1.165) is 0 Å². The number of hydrogen-bond donors (Lipinski definition) is 2. The van der Waals surface area contributed by atoms with Crippen LogP contribution in [0.1, 0.15) is 10.6 Å². The molecule has 2 aromatic rings. The fourth-order valence-electron chi connectivity index (χ4n) is 1.16. The molecule has 2 aromatic heterocycles. The third-order valence-corrected chi connectivity index (χ3v) is 2.99. The van der Waals surface area contributed by atoms with E-state index in [9.17, 15) is 0 Å². The van der Waals surface area contributed by atoms with Gasteiger partial charge in [0, 0.05) is 11.1 Å². The maximum absolute atomic E-state index is 5.49. The Kier molecular flexibility index (Phi) is 3.43. The molecule has 0 saturated carbocycles. The topological polar surface area (TPSA) is 63.8 Å². The van der Waals surface area contributed by atoms with Gasteiger partial charge in [0.25, 0.3) is 0 Å². The highest BCUT2D eigenvalue weighted by Gasteiger charge is 2.01. The van der Waals surface area contributed by atoms with Crippen LogP contribution in [-0.2, 0) is 6.54 Å². The van der Waals surface area contributed by atoms with Crippen molar-refractivity contribution in [1.29, 1.82) is 0 Å². The van der Waals surface area contributed by atoms with E-state index in [1.165, 1.54) is 4.88 Å². The van der Waals surface area contributed by atoms with Gasteiger partial charge in [0.15, 0.2) is 0 Å². The zero-order valence-electron chi connectivity index (χ0n) is 8.38. The summed E-state index contributed by atoms with van der Waals surface area (Å²) in [5.74, 6) is 0.540. The van der Waals surface area contributed by atoms with Crippen LogP contribution in [0, 0.1) is 0 Å². The Morgan fingerprint density at radius 3 is 3.06 bits per heavy atom. The number of nitrogens with one attached hydrogen (secondary N) is 1. The zero-order chi connectivity index (χ0) is 11.4. The van der Waals surface area contributed by atoms with Gasteiger partial charge in [-0.15, -0.1) is 11.3 Å². The molecule has 0 atom stereocenters. The summed E-state index contributed by atoms with van der Waals surface area (Å²) in [5, 5.41) is 5.15. The number of anilines is 1. The van der Waals surface area contributed by atoms with Crippen LogP contribution in [0.3, 0.4) is 0 Å². The molecule has 2 heterocycles. The molecular weight excluding hydrogens is 240 g/mol. The zero-order valence-corrected chi connectivity index (χ0v) is 10.0. The van der Waals surface area contributed by atoms with Gasteiger partial charge < -0.3 is 11.1 Å². The van der Waals surface area contributed by atoms with Crippen molar-refractivity contribution in [2.45, 2.75) is 6.54 Å². The van der Waals surface area contributed by atoms with E-state index in [0.29, 0.717) is 18.2 Å². The average molecular weight is 250 g/mol. The number of thiophene rings is 1. The van der Waals surface area contributed by atoms with Crippen LogP contribution in [0.5, 0.6) is 0 Å². The number of nitrogens with two attached hydrogens (primary N) is 1. The maximum Gasteiger partial charge on any atom is 0.223 e. The quantitative estimate of drug-likeness (QED) is 0.810. The lowest BCUT2D eigenvalue weighted by Gasteiger charge is -2.04. The largest absolute Gasteiger partial charge is 0.388 e. The predicted octanol–water partition coefficient (Wildman–Crippen LogP) is 1.78. The first-order chi connectivity index (χ1) is 7.75. The Balaban J connectivity index is 2.04. The highest BCUT2D eigenvalue weighted by atomic mass is 32.1. The summed E-state index contributed by atoms with van der Waals surface area (Å²) in [6.45, 7) is 0.707. The van der Waals surface area contributed by atoms with Crippen LogP contribution in [0.15, 0.2) is 29.8 Å². The van der Waals surface area contributed by atoms with Gasteiger partial charge in [-0.3, -0.25) is 0 Å². The summed E-state index contributed by atoms with van der Waals surface area (Å²) < 4.78 is 0. The Morgan fingerprint density at radius 2 is 2.38 bits per heavy atom. The number of nitrogens with zero attached hydrogens (tertiary/aromatic N) is 2. The lowest BCUT2D eigenvalue weighted by Crippen LogP contribution is -2.13. The molecule has 6 heteroatoms. The first-order valence-electron chi connectivity index (χ1n) is 4.65. The summed E-state index contributed by atoms with van der Waals surface area (Å²) in [6, 6.07) is 5.75. The Hall–Kier alpha value is -1.53. The molecule has 82 valence electrons. The molecule has 0 fully saturated rings. The van der Waals surface area contributed by atoms with Crippen LogP contribution in [0.25, 0.3) is 0 Å². The molecule has 0 saturated heterocycles. The molecule has 0 aliphatic rings. The van der Waals surface area contributed by atoms with Gasteiger partial charge >= 0.3 is 0 Å². The number of aromatic nitrogens is 2. The Labute approximate surface area is 103 Å². The Bertz CT molecular complexity index is 481. The maximum atomic E-state index is 5.49. The molecule has 2 rings (SSSR count). The van der Waals surface area contributed by atoms with Crippen LogP contribution in [0.4, 0.5) is 5.95 Å². The van der Waals surface area contributed by atoms with Crippen molar-refractivity contribution in [1.82, 2.24) is 9.97 Å². The van der Waals surface area contributed by atoms with Gasteiger partial charge in [0.05, 0.1) is 6.54 Å². The molecule has 0 spiro atoms. The molecule has 0 bridgehead atoms. The average Bonchev–Trinajstić information content (AvgIpc) is 2.79. The fourth-order valence-corrected chi connectivity index (χ4v) is 1.92. The third-order valence-electron chi connectivity index (χ3n) is 1.91. The molecule has 0 radical (unpaired) electrons. The molecule has 4 nitrogen and oxygen atoms in total. The summed E-state index contributed by atoms with van der Waals surface area (Å²) in [6.07, 6.45) is 1.64. The second-order valence-electron chi connectivity index (χ2n) is 3.06. The van der Waals surface area contributed by atoms with Crippen molar-refractivity contribution in [3.8, 4) is 0 Å². The molecule has 0 aromatic carbocycles. The first-order valence-corrected chi connectivity index (χ1v) is 5.93. The van der Waals surface area contributed by atoms with Gasteiger partial charge in [-0.1, -0.05) is 18.3 Å². The van der Waals surface area contributed by atoms with Crippen LogP contribution in [0.2, 0.25) is 0 Å². The van der Waals surface area contributed by atoms with Gasteiger partial charge in [0.1, 0.15) is 10.7 Å². The lowest BCUT2D eigenvalue weighted by atomic mass is 10.4. The normalized spacial score (nSPS) is 10.0. The number of rotatable bonds is 4. The lowest BCUT2D eigenvalue weighted by molar-refractivity contribution is 1.06. The highest BCUT2D eigenvalue weighted by Crippen LogP contribution is 2.10. The van der Waals surface area contributed by atoms with Crippen molar-refractivity contribution in [2.24, 2.45) is 5.73 Å². The summed E-state index contributed by atoms with van der Waals surface area (Å²) in [5.41, 5.74) is 6.07. The third kappa shape index (κ3) is 2.74. The molecule has 0 aliphatic heterocycles. The smallest absolute Gasteiger partial charge is 0.223 e. The van der Waals surface area contributed by atoms with Gasteiger partial charge in [-0.25, -0.2) is 9.97 Å². The minimum Gasteiger partial charge on any atom is -0.388 e. The summed E-state index contributed by atoms with van der Waals surface area (Å²) >= 11 is 6.53. The van der Waals surface area contributed by atoms with Crippen LogP contribution >= 0.6 is 23.6 Å². The van der Waals surface area contributed by atoms with Crippen LogP contribution < -0.4 is 11.1 Å². The fraction of sp³-hybridized carbons (Fsp3) is 0.100. The molecule has 16 heavy (non-hydrogen) atoms. The molecule has 0 unspecified atom stereocenters. The standard InChI is InChI=1S/C10H10N4S2/c11-9(15)8-3-4-12-10(14-8)13-6-7-2-1-5-16-7/h1-5H,6H2,(H2,11,15)(H,12,13,14). The van der Waals surface area contributed by atoms with Gasteiger partial charge in [-0.2, -0.15) is 0 Å². The minimum absolute atomic E-state index is 0.279. The van der Waals surface area contributed by atoms with E-state index in [-0.39, 0.29) is 4.99 Å². The van der Waals surface area contributed by atoms with Gasteiger partial charge in [-0.05, 0) is 17.5 Å². The predicted molar refractivity (Wildman–Crippen MR) is 69.6 cm³/mol. The van der Waals surface area contributed by atoms with E-state index in [1.54, 1.807) is 23.6 Å². The second kappa shape index (κ2) is 5.00. The van der Waals surface area contributed by atoms with Crippen molar-refractivity contribution >= 4 is 34.5 Å². The molecule has 0 aliphatic carbocycles. The van der Waals surface area contributed by atoms with Crippen LogP contribution in [-0.4, -0.2) is 15.0 Å². The molecule has 0 amide bonds. The highest BCUT2D eigenvalue weighted by molar-refractivity contribution is 7.80. The SMILES string of the molecule is NC(=S)c1ccnc(NCc2cccs2)n1. The van der Waals surface area contributed by atoms with E-state index in [2.05, 4.69) is 21.4 Å². The Morgan fingerprint density at radius 1 is 1.50 bits per heavy atom. The van der Waals surface area contributed by atoms with E-state index in [1.807, 2.05) is 11.4 Å². The van der Waals surface area contributed by atoms with Gasteiger partial charge in [0.2, 0.25) is 5.95 Å².